The van der Waals surface area contributed by atoms with Crippen molar-refractivity contribution in [3.8, 4) is 6.07 Å². The summed E-state index contributed by atoms with van der Waals surface area (Å²) in [5.74, 6) is 0. The summed E-state index contributed by atoms with van der Waals surface area (Å²) >= 11 is 0. The topological polar surface area (TPSA) is 110 Å². The van der Waals surface area contributed by atoms with Gasteiger partial charge in [-0.25, -0.2) is 8.42 Å². The van der Waals surface area contributed by atoms with Crippen LogP contribution in [0.3, 0.4) is 0 Å². The van der Waals surface area contributed by atoms with Gasteiger partial charge in [0.1, 0.15) is 6.07 Å². The van der Waals surface area contributed by atoms with E-state index >= 15 is 0 Å². The lowest BCUT2D eigenvalue weighted by Gasteiger charge is -2.09. The summed E-state index contributed by atoms with van der Waals surface area (Å²) in [5, 5.41) is 8.98. The second-order valence-corrected chi connectivity index (χ2v) is 5.80. The highest BCUT2D eigenvalue weighted by atomic mass is 32.2. The monoisotopic (exact) mass is 273 g/mol. The molecule has 0 spiro atoms. The van der Waals surface area contributed by atoms with Crippen LogP contribution in [0.2, 0.25) is 0 Å². The second-order valence-electron chi connectivity index (χ2n) is 3.91. The first-order chi connectivity index (χ1) is 8.96. The van der Waals surface area contributed by atoms with Crippen LogP contribution in [0.1, 0.15) is 5.56 Å². The molecule has 0 heterocycles. The molecular weight excluding hydrogens is 262 g/mol. The fourth-order valence-corrected chi connectivity index (χ4v) is 3.24. The first-order valence-corrected chi connectivity index (χ1v) is 6.84. The Morgan fingerprint density at radius 1 is 1.00 bits per heavy atom. The van der Waals surface area contributed by atoms with Gasteiger partial charge in [0.2, 0.25) is 9.84 Å². The molecule has 6 heteroatoms. The van der Waals surface area contributed by atoms with Crippen molar-refractivity contribution in [2.24, 2.45) is 0 Å². The van der Waals surface area contributed by atoms with Gasteiger partial charge in [0, 0.05) is 5.69 Å². The predicted octanol–water partition coefficient (Wildman–Crippen LogP) is 1.56. The standard InChI is InChI=1S/C13H11N3O2S/c14-8-9-3-1-2-4-12(9)19(17,18)13-6-5-10(15)7-11(13)16/h1-7H,15-16H2. The van der Waals surface area contributed by atoms with E-state index in [1.165, 1.54) is 30.3 Å². The first kappa shape index (κ1) is 12.9. The van der Waals surface area contributed by atoms with Crippen molar-refractivity contribution in [1.29, 1.82) is 5.26 Å². The molecule has 0 radical (unpaired) electrons. The summed E-state index contributed by atoms with van der Waals surface area (Å²) in [6.45, 7) is 0. The van der Waals surface area contributed by atoms with Gasteiger partial charge >= 0.3 is 0 Å². The highest BCUT2D eigenvalue weighted by Crippen LogP contribution is 2.28. The van der Waals surface area contributed by atoms with Crippen LogP contribution in [0, 0.1) is 11.3 Å². The highest BCUT2D eigenvalue weighted by Gasteiger charge is 2.23. The number of hydrogen-bond donors (Lipinski definition) is 2. The molecule has 0 aliphatic carbocycles. The minimum atomic E-state index is -3.83. The Kier molecular flexibility index (Phi) is 3.15. The van der Waals surface area contributed by atoms with Gasteiger partial charge < -0.3 is 11.5 Å². The summed E-state index contributed by atoms with van der Waals surface area (Å²) < 4.78 is 24.9. The lowest BCUT2D eigenvalue weighted by Crippen LogP contribution is -2.07. The maximum atomic E-state index is 12.5. The van der Waals surface area contributed by atoms with Gasteiger partial charge in [-0.05, 0) is 30.3 Å². The van der Waals surface area contributed by atoms with Crippen molar-refractivity contribution in [2.45, 2.75) is 9.79 Å². The Balaban J connectivity index is 2.70. The van der Waals surface area contributed by atoms with Crippen LogP contribution < -0.4 is 11.5 Å². The number of nitrogens with two attached hydrogens (primary N) is 2. The average molecular weight is 273 g/mol. The number of sulfone groups is 1. The number of anilines is 2. The van der Waals surface area contributed by atoms with E-state index < -0.39 is 9.84 Å². The summed E-state index contributed by atoms with van der Waals surface area (Å²) in [5.41, 5.74) is 11.8. The van der Waals surface area contributed by atoms with Crippen LogP contribution in [0.25, 0.3) is 0 Å². The fraction of sp³-hybridized carbons (Fsp3) is 0. The molecule has 0 amide bonds. The smallest absolute Gasteiger partial charge is 0.209 e. The molecule has 19 heavy (non-hydrogen) atoms. The van der Waals surface area contributed by atoms with E-state index in [-0.39, 0.29) is 21.0 Å². The zero-order chi connectivity index (χ0) is 14.0. The largest absolute Gasteiger partial charge is 0.399 e. The molecule has 96 valence electrons. The second kappa shape index (κ2) is 4.63. The molecule has 0 unspecified atom stereocenters. The fourth-order valence-electron chi connectivity index (χ4n) is 1.72. The van der Waals surface area contributed by atoms with Crippen LogP contribution in [0.4, 0.5) is 11.4 Å². The van der Waals surface area contributed by atoms with Gasteiger partial charge in [0.05, 0.1) is 21.0 Å². The van der Waals surface area contributed by atoms with Crippen molar-refractivity contribution < 1.29 is 8.42 Å². The van der Waals surface area contributed by atoms with Crippen molar-refractivity contribution in [2.75, 3.05) is 11.5 Å². The molecular formula is C13H11N3O2S. The summed E-state index contributed by atoms with van der Waals surface area (Å²) in [4.78, 5) is -0.113. The number of nitrogen functional groups attached to an aromatic ring is 2. The lowest BCUT2D eigenvalue weighted by atomic mass is 10.2. The zero-order valence-electron chi connectivity index (χ0n) is 9.87. The molecule has 0 aliphatic rings. The van der Waals surface area contributed by atoms with Crippen LogP contribution in [-0.4, -0.2) is 8.42 Å². The number of hydrogen-bond acceptors (Lipinski definition) is 5. The molecule has 0 aliphatic heterocycles. The van der Waals surface area contributed by atoms with Gasteiger partial charge in [0.15, 0.2) is 0 Å². The Labute approximate surface area is 111 Å². The Morgan fingerprint density at radius 2 is 1.68 bits per heavy atom. The number of rotatable bonds is 2. The molecule has 2 aromatic carbocycles. The normalized spacial score (nSPS) is 10.9. The number of nitrogens with zero attached hydrogens (tertiary/aromatic N) is 1. The quantitative estimate of drug-likeness (QED) is 0.807. The van der Waals surface area contributed by atoms with Crippen LogP contribution in [0.5, 0.6) is 0 Å². The maximum absolute atomic E-state index is 12.5. The van der Waals surface area contributed by atoms with Crippen molar-refractivity contribution >= 4 is 21.2 Å². The highest BCUT2D eigenvalue weighted by molar-refractivity contribution is 7.91. The van der Waals surface area contributed by atoms with Gasteiger partial charge in [-0.2, -0.15) is 5.26 Å². The minimum Gasteiger partial charge on any atom is -0.399 e. The van der Waals surface area contributed by atoms with Crippen LogP contribution >= 0.6 is 0 Å². The van der Waals surface area contributed by atoms with Gasteiger partial charge in [-0.15, -0.1) is 0 Å². The number of benzene rings is 2. The van der Waals surface area contributed by atoms with E-state index in [4.69, 9.17) is 16.7 Å². The lowest BCUT2D eigenvalue weighted by molar-refractivity contribution is 0.596. The van der Waals surface area contributed by atoms with E-state index in [1.54, 1.807) is 12.1 Å². The Morgan fingerprint density at radius 3 is 2.32 bits per heavy atom. The molecule has 2 aromatic rings. The van der Waals surface area contributed by atoms with Gasteiger partial charge in [0.25, 0.3) is 0 Å². The Hall–Kier alpha value is -2.52. The van der Waals surface area contributed by atoms with E-state index in [0.29, 0.717) is 5.69 Å². The molecule has 0 bridgehead atoms. The minimum absolute atomic E-state index is 0.0515. The van der Waals surface area contributed by atoms with E-state index in [2.05, 4.69) is 0 Å². The average Bonchev–Trinajstić information content (AvgIpc) is 2.38. The third-order valence-electron chi connectivity index (χ3n) is 2.62. The molecule has 0 fully saturated rings. The molecule has 0 saturated heterocycles. The summed E-state index contributed by atoms with van der Waals surface area (Å²) in [6, 6.07) is 12.0. The van der Waals surface area contributed by atoms with Crippen LogP contribution in [0.15, 0.2) is 52.3 Å². The third-order valence-corrected chi connectivity index (χ3v) is 4.51. The first-order valence-electron chi connectivity index (χ1n) is 5.36. The van der Waals surface area contributed by atoms with Gasteiger partial charge in [-0.3, -0.25) is 0 Å². The van der Waals surface area contributed by atoms with Crippen molar-refractivity contribution in [3.05, 3.63) is 48.0 Å². The SMILES string of the molecule is N#Cc1ccccc1S(=O)(=O)c1ccc(N)cc1N. The predicted molar refractivity (Wildman–Crippen MR) is 71.9 cm³/mol. The van der Waals surface area contributed by atoms with Crippen molar-refractivity contribution in [3.63, 3.8) is 0 Å². The van der Waals surface area contributed by atoms with E-state index in [0.717, 1.165) is 0 Å². The van der Waals surface area contributed by atoms with E-state index in [1.807, 2.05) is 6.07 Å². The van der Waals surface area contributed by atoms with Crippen molar-refractivity contribution in [1.82, 2.24) is 0 Å². The molecule has 0 aromatic heterocycles. The molecule has 2 rings (SSSR count). The maximum Gasteiger partial charge on any atom is 0.209 e. The molecule has 0 saturated carbocycles. The van der Waals surface area contributed by atoms with Crippen LogP contribution in [-0.2, 0) is 9.84 Å². The summed E-state index contributed by atoms with van der Waals surface area (Å²) in [7, 11) is -3.83. The molecule has 4 N–H and O–H groups in total. The summed E-state index contributed by atoms with van der Waals surface area (Å²) in [6.07, 6.45) is 0. The molecule has 0 atom stereocenters. The van der Waals surface area contributed by atoms with Gasteiger partial charge in [-0.1, -0.05) is 12.1 Å². The molecule has 5 nitrogen and oxygen atoms in total. The van der Waals surface area contributed by atoms with E-state index in [9.17, 15) is 8.42 Å². The number of nitriles is 1. The Bertz CT molecular complexity index is 777. The third kappa shape index (κ3) is 2.23. The zero-order valence-corrected chi connectivity index (χ0v) is 10.7.